The smallest absolute Gasteiger partial charge is 0.193 e. The minimum atomic E-state index is -3.15. The van der Waals surface area contributed by atoms with E-state index < -0.39 is 9.84 Å². The van der Waals surface area contributed by atoms with E-state index in [1.807, 2.05) is 19.2 Å². The van der Waals surface area contributed by atoms with Gasteiger partial charge in [0.2, 0.25) is 0 Å². The van der Waals surface area contributed by atoms with Crippen LogP contribution in [0.4, 0.5) is 0 Å². The van der Waals surface area contributed by atoms with E-state index in [-0.39, 0.29) is 0 Å². The molecule has 1 N–H and O–H groups in total. The molecule has 2 rings (SSSR count). The van der Waals surface area contributed by atoms with Crippen molar-refractivity contribution in [2.24, 2.45) is 4.99 Å². The van der Waals surface area contributed by atoms with E-state index in [1.54, 1.807) is 12.1 Å². The van der Waals surface area contributed by atoms with Gasteiger partial charge in [-0.2, -0.15) is 0 Å². The zero-order valence-electron chi connectivity index (χ0n) is 16.6. The summed E-state index contributed by atoms with van der Waals surface area (Å²) in [5.74, 6) is 0.867. The van der Waals surface area contributed by atoms with Crippen LogP contribution in [-0.4, -0.2) is 45.7 Å². The Morgan fingerprint density at radius 1 is 1.04 bits per heavy atom. The Kier molecular flexibility index (Phi) is 7.42. The third-order valence-electron chi connectivity index (χ3n) is 4.25. The maximum absolute atomic E-state index is 11.5. The van der Waals surface area contributed by atoms with Crippen molar-refractivity contribution in [2.45, 2.75) is 31.7 Å². The highest BCUT2D eigenvalue weighted by molar-refractivity contribution is 7.90. The Morgan fingerprint density at radius 2 is 1.63 bits per heavy atom. The molecule has 2 aromatic carbocycles. The van der Waals surface area contributed by atoms with Crippen molar-refractivity contribution >= 4 is 15.8 Å². The van der Waals surface area contributed by atoms with Gasteiger partial charge < -0.3 is 10.2 Å². The lowest BCUT2D eigenvalue weighted by atomic mass is 10.1. The Labute approximate surface area is 163 Å². The largest absolute Gasteiger partial charge is 0.357 e. The second-order valence-corrected chi connectivity index (χ2v) is 8.76. The average Bonchev–Trinajstić information content (AvgIpc) is 2.62. The molecule has 0 unspecified atom stereocenters. The Balaban J connectivity index is 1.98. The number of hydrogen-bond donors (Lipinski definition) is 1. The van der Waals surface area contributed by atoms with Gasteiger partial charge in [-0.05, 0) is 43.5 Å². The molecule has 27 heavy (non-hydrogen) atoms. The SMILES string of the molecule is CCNC(=NCCc1ccc(S(C)(=O)=O)cc1)N(C)Cc1ccc(C)cc1. The summed E-state index contributed by atoms with van der Waals surface area (Å²) in [4.78, 5) is 7.17. The molecule has 146 valence electrons. The van der Waals surface area contributed by atoms with Crippen LogP contribution < -0.4 is 5.32 Å². The van der Waals surface area contributed by atoms with Crippen molar-refractivity contribution in [2.75, 3.05) is 26.4 Å². The number of aliphatic imine (C=N–C) groups is 1. The minimum Gasteiger partial charge on any atom is -0.357 e. The molecule has 0 aliphatic heterocycles. The first kappa shape index (κ1) is 21.0. The maximum Gasteiger partial charge on any atom is 0.193 e. The summed E-state index contributed by atoms with van der Waals surface area (Å²) in [6.45, 7) is 6.37. The monoisotopic (exact) mass is 387 g/mol. The number of hydrogen-bond acceptors (Lipinski definition) is 3. The summed E-state index contributed by atoms with van der Waals surface area (Å²) in [7, 11) is -1.12. The van der Waals surface area contributed by atoms with Crippen LogP contribution in [0.1, 0.15) is 23.6 Å². The van der Waals surface area contributed by atoms with Gasteiger partial charge in [0.1, 0.15) is 0 Å². The summed E-state index contributed by atoms with van der Waals surface area (Å²) in [6.07, 6.45) is 1.98. The van der Waals surface area contributed by atoms with E-state index in [2.05, 4.69) is 48.3 Å². The fourth-order valence-corrected chi connectivity index (χ4v) is 3.34. The summed E-state index contributed by atoms with van der Waals surface area (Å²) in [5, 5.41) is 3.33. The number of guanidine groups is 1. The Hall–Kier alpha value is -2.34. The van der Waals surface area contributed by atoms with Crippen molar-refractivity contribution in [1.82, 2.24) is 10.2 Å². The molecule has 0 radical (unpaired) electrons. The van der Waals surface area contributed by atoms with E-state index in [0.29, 0.717) is 11.4 Å². The molecule has 2 aromatic rings. The molecule has 6 heteroatoms. The van der Waals surface area contributed by atoms with Crippen molar-refractivity contribution in [3.8, 4) is 0 Å². The van der Waals surface area contributed by atoms with Crippen molar-refractivity contribution < 1.29 is 8.42 Å². The summed E-state index contributed by atoms with van der Waals surface area (Å²) in [5.41, 5.74) is 3.57. The van der Waals surface area contributed by atoms with E-state index in [4.69, 9.17) is 4.99 Å². The molecule has 0 aliphatic carbocycles. The molecule has 0 aliphatic rings. The molecule has 0 saturated heterocycles. The summed E-state index contributed by atoms with van der Waals surface area (Å²) in [6, 6.07) is 15.5. The fraction of sp³-hybridized carbons (Fsp3) is 0.381. The molecule has 5 nitrogen and oxygen atoms in total. The first-order valence-corrected chi connectivity index (χ1v) is 11.0. The molecular weight excluding hydrogens is 358 g/mol. The van der Waals surface area contributed by atoms with Crippen LogP contribution >= 0.6 is 0 Å². The lowest BCUT2D eigenvalue weighted by Gasteiger charge is -2.22. The van der Waals surface area contributed by atoms with Crippen LogP contribution in [0.15, 0.2) is 58.4 Å². The third-order valence-corrected chi connectivity index (χ3v) is 5.38. The number of benzene rings is 2. The molecule has 0 spiro atoms. The van der Waals surface area contributed by atoms with Crippen LogP contribution in [0, 0.1) is 6.92 Å². The molecule has 0 fully saturated rings. The van der Waals surface area contributed by atoms with E-state index in [1.165, 1.54) is 17.4 Å². The molecule has 0 aromatic heterocycles. The van der Waals surface area contributed by atoms with Gasteiger partial charge in [0.15, 0.2) is 15.8 Å². The Morgan fingerprint density at radius 3 is 2.19 bits per heavy atom. The zero-order chi connectivity index (χ0) is 19.9. The van der Waals surface area contributed by atoms with E-state index in [9.17, 15) is 8.42 Å². The summed E-state index contributed by atoms with van der Waals surface area (Å²) >= 11 is 0. The average molecular weight is 388 g/mol. The van der Waals surface area contributed by atoms with Crippen LogP contribution in [0.25, 0.3) is 0 Å². The lowest BCUT2D eigenvalue weighted by Crippen LogP contribution is -2.38. The molecule has 0 heterocycles. The number of sulfone groups is 1. The van der Waals surface area contributed by atoms with Crippen LogP contribution in [0.5, 0.6) is 0 Å². The van der Waals surface area contributed by atoms with Gasteiger partial charge in [-0.1, -0.05) is 42.0 Å². The van der Waals surface area contributed by atoms with Crippen molar-refractivity contribution in [3.05, 3.63) is 65.2 Å². The lowest BCUT2D eigenvalue weighted by molar-refractivity contribution is 0.477. The standard InChI is InChI=1S/C21H29N3O2S/c1-5-22-21(24(3)16-19-8-6-17(2)7-9-19)23-15-14-18-10-12-20(13-11-18)27(4,25)26/h6-13H,5,14-16H2,1-4H3,(H,22,23). The fourth-order valence-electron chi connectivity index (χ4n) is 2.71. The molecule has 0 atom stereocenters. The summed E-state index contributed by atoms with van der Waals surface area (Å²) < 4.78 is 23.1. The van der Waals surface area contributed by atoms with Crippen LogP contribution in [0.2, 0.25) is 0 Å². The van der Waals surface area contributed by atoms with Gasteiger partial charge in [-0.25, -0.2) is 8.42 Å². The van der Waals surface area contributed by atoms with Gasteiger partial charge in [0, 0.05) is 32.9 Å². The second-order valence-electron chi connectivity index (χ2n) is 6.74. The minimum absolute atomic E-state index is 0.348. The topological polar surface area (TPSA) is 61.8 Å². The predicted molar refractivity (Wildman–Crippen MR) is 112 cm³/mol. The molecule has 0 saturated carbocycles. The molecule has 0 bridgehead atoms. The van der Waals surface area contributed by atoms with Gasteiger partial charge in [-0.3, -0.25) is 4.99 Å². The zero-order valence-corrected chi connectivity index (χ0v) is 17.4. The number of nitrogens with zero attached hydrogens (tertiary/aromatic N) is 2. The van der Waals surface area contributed by atoms with Gasteiger partial charge in [0.05, 0.1) is 4.90 Å². The van der Waals surface area contributed by atoms with Gasteiger partial charge in [-0.15, -0.1) is 0 Å². The number of nitrogens with one attached hydrogen (secondary N) is 1. The molecular formula is C21H29N3O2S. The first-order valence-electron chi connectivity index (χ1n) is 9.13. The number of rotatable bonds is 7. The highest BCUT2D eigenvalue weighted by atomic mass is 32.2. The predicted octanol–water partition coefficient (Wildman–Crippen LogP) is 3.04. The molecule has 0 amide bonds. The normalized spacial score (nSPS) is 12.1. The highest BCUT2D eigenvalue weighted by Gasteiger charge is 2.08. The van der Waals surface area contributed by atoms with Crippen LogP contribution in [0.3, 0.4) is 0 Å². The third kappa shape index (κ3) is 6.71. The van der Waals surface area contributed by atoms with Crippen LogP contribution in [-0.2, 0) is 22.8 Å². The van der Waals surface area contributed by atoms with Crippen molar-refractivity contribution in [3.63, 3.8) is 0 Å². The number of aryl methyl sites for hydroxylation is 1. The van der Waals surface area contributed by atoms with Crippen molar-refractivity contribution in [1.29, 1.82) is 0 Å². The van der Waals surface area contributed by atoms with E-state index in [0.717, 1.165) is 31.0 Å². The highest BCUT2D eigenvalue weighted by Crippen LogP contribution is 2.11. The van der Waals surface area contributed by atoms with E-state index >= 15 is 0 Å². The van der Waals surface area contributed by atoms with Gasteiger partial charge >= 0.3 is 0 Å². The maximum atomic E-state index is 11.5. The first-order chi connectivity index (χ1) is 12.8. The van der Waals surface area contributed by atoms with Gasteiger partial charge in [0.25, 0.3) is 0 Å². The second kappa shape index (κ2) is 9.55. The Bertz CT molecular complexity index is 857. The quantitative estimate of drug-likeness (QED) is 0.586.